The zero-order valence-electron chi connectivity index (χ0n) is 19.9. The summed E-state index contributed by atoms with van der Waals surface area (Å²) < 4.78 is 41.7. The summed E-state index contributed by atoms with van der Waals surface area (Å²) in [5, 5.41) is 13.2. The van der Waals surface area contributed by atoms with Crippen LogP contribution >= 0.6 is 0 Å². The fourth-order valence-corrected chi connectivity index (χ4v) is 3.96. The second kappa shape index (κ2) is 11.9. The number of piperidine rings is 1. The van der Waals surface area contributed by atoms with Crippen LogP contribution in [-0.2, 0) is 4.79 Å². The van der Waals surface area contributed by atoms with Crippen LogP contribution in [0.1, 0.15) is 43.7 Å². The molecule has 1 saturated heterocycles. The van der Waals surface area contributed by atoms with Gasteiger partial charge in [-0.05, 0) is 67.8 Å². The monoisotopic (exact) mass is 488 g/mol. The summed E-state index contributed by atoms with van der Waals surface area (Å²) in [6.07, 6.45) is 2.00. The van der Waals surface area contributed by atoms with Gasteiger partial charge in [0.05, 0.1) is 5.56 Å². The molecule has 2 N–H and O–H groups in total. The van der Waals surface area contributed by atoms with Crippen molar-refractivity contribution < 1.29 is 27.8 Å². The third kappa shape index (κ3) is 8.17. The highest BCUT2D eigenvalue weighted by Crippen LogP contribution is 2.31. The van der Waals surface area contributed by atoms with Crippen LogP contribution in [0.25, 0.3) is 5.76 Å². The van der Waals surface area contributed by atoms with Gasteiger partial charge in [-0.25, -0.2) is 0 Å². The third-order valence-corrected chi connectivity index (χ3v) is 5.88. The van der Waals surface area contributed by atoms with Crippen LogP contribution in [-0.4, -0.2) is 41.9 Å². The first-order chi connectivity index (χ1) is 16.6. The molecule has 5 nitrogen and oxygen atoms in total. The number of halogens is 3. The number of carbonyl (C=O) groups excluding carboxylic acids is 1. The Labute approximate surface area is 203 Å². The van der Waals surface area contributed by atoms with Crippen molar-refractivity contribution in [1.29, 1.82) is 0 Å². The Balaban J connectivity index is 1.51. The molecule has 1 heterocycles. The molecule has 0 bridgehead atoms. The highest BCUT2D eigenvalue weighted by atomic mass is 19.4. The first-order valence-corrected chi connectivity index (χ1v) is 11.7. The summed E-state index contributed by atoms with van der Waals surface area (Å²) in [6, 6.07) is 13.5. The van der Waals surface area contributed by atoms with Gasteiger partial charge in [-0.2, -0.15) is 0 Å². The third-order valence-electron chi connectivity index (χ3n) is 5.88. The van der Waals surface area contributed by atoms with Crippen LogP contribution in [0.2, 0.25) is 0 Å². The average Bonchev–Trinajstić information content (AvgIpc) is 2.81. The number of amides is 1. The van der Waals surface area contributed by atoms with Gasteiger partial charge < -0.3 is 15.2 Å². The average molecular weight is 489 g/mol. The Morgan fingerprint density at radius 1 is 1.17 bits per heavy atom. The Morgan fingerprint density at radius 2 is 1.89 bits per heavy atom. The molecule has 0 aromatic heterocycles. The Kier molecular flexibility index (Phi) is 8.98. The lowest BCUT2D eigenvalue weighted by molar-refractivity contribution is -0.274. The summed E-state index contributed by atoms with van der Waals surface area (Å²) in [5.74, 6) is -0.406. The molecule has 0 saturated carbocycles. The molecule has 0 spiro atoms. The van der Waals surface area contributed by atoms with E-state index in [-0.39, 0.29) is 23.1 Å². The number of hydrogen-bond acceptors (Lipinski definition) is 4. The molecular formula is C27H31F3N2O3. The number of likely N-dealkylation sites (tertiary alicyclic amines) is 1. The molecule has 0 aliphatic carbocycles. The van der Waals surface area contributed by atoms with Gasteiger partial charge >= 0.3 is 6.36 Å². The van der Waals surface area contributed by atoms with E-state index in [0.717, 1.165) is 37.7 Å². The molecule has 0 atom stereocenters. The van der Waals surface area contributed by atoms with Crippen molar-refractivity contribution >= 4 is 17.4 Å². The number of alkyl halides is 3. The molecule has 0 radical (unpaired) electrons. The molecule has 0 unspecified atom stereocenters. The highest BCUT2D eigenvalue weighted by molar-refractivity contribution is 5.92. The van der Waals surface area contributed by atoms with E-state index in [0.29, 0.717) is 12.5 Å². The van der Waals surface area contributed by atoms with Gasteiger partial charge in [0, 0.05) is 18.2 Å². The van der Waals surface area contributed by atoms with Gasteiger partial charge in [-0.15, -0.1) is 13.2 Å². The molecule has 3 rings (SSSR count). The number of aliphatic hydroxyl groups excluding tert-OH is 1. The number of rotatable bonds is 8. The Bertz CT molecular complexity index is 1060. The minimum absolute atomic E-state index is 0.000193. The molecule has 188 valence electrons. The number of anilines is 1. The van der Waals surface area contributed by atoms with Gasteiger partial charge in [-0.3, -0.25) is 9.69 Å². The Morgan fingerprint density at radius 3 is 2.57 bits per heavy atom. The van der Waals surface area contributed by atoms with Crippen molar-refractivity contribution in [1.82, 2.24) is 4.90 Å². The number of aliphatic hydroxyl groups is 1. The number of ether oxygens (including phenoxy) is 1. The summed E-state index contributed by atoms with van der Waals surface area (Å²) in [6.45, 7) is 6.19. The minimum Gasteiger partial charge on any atom is -0.507 e. The number of nitrogens with one attached hydrogen (secondary N) is 1. The normalized spacial score (nSPS) is 16.1. The SMILES string of the molecule is CC(C)C(=O)Nc1cccc(C2CCN(C/C=C/C=C(\O)c3ccccc3OC(F)(F)F)CC2)c1. The molecule has 35 heavy (non-hydrogen) atoms. The van der Waals surface area contributed by atoms with Crippen LogP contribution in [0.15, 0.2) is 66.8 Å². The van der Waals surface area contributed by atoms with E-state index in [1.807, 2.05) is 32.1 Å². The number of hydrogen-bond donors (Lipinski definition) is 2. The van der Waals surface area contributed by atoms with Crippen molar-refractivity contribution in [3.63, 3.8) is 0 Å². The first kappa shape index (κ1) is 26.3. The van der Waals surface area contributed by atoms with E-state index >= 15 is 0 Å². The first-order valence-electron chi connectivity index (χ1n) is 11.7. The molecule has 1 aliphatic heterocycles. The quantitative estimate of drug-likeness (QED) is 0.328. The number of benzene rings is 2. The van der Waals surface area contributed by atoms with Crippen molar-refractivity contribution in [3.8, 4) is 5.75 Å². The van der Waals surface area contributed by atoms with E-state index in [4.69, 9.17) is 0 Å². The van der Waals surface area contributed by atoms with E-state index < -0.39 is 12.1 Å². The number of allylic oxidation sites excluding steroid dienone is 2. The molecule has 2 aromatic rings. The summed E-state index contributed by atoms with van der Waals surface area (Å²) in [7, 11) is 0. The van der Waals surface area contributed by atoms with Crippen LogP contribution in [0.3, 0.4) is 0 Å². The maximum absolute atomic E-state index is 12.6. The summed E-state index contributed by atoms with van der Waals surface area (Å²) >= 11 is 0. The zero-order valence-corrected chi connectivity index (χ0v) is 19.9. The van der Waals surface area contributed by atoms with E-state index in [1.165, 1.54) is 29.8 Å². The van der Waals surface area contributed by atoms with E-state index in [9.17, 15) is 23.1 Å². The van der Waals surface area contributed by atoms with E-state index in [2.05, 4.69) is 27.1 Å². The standard InChI is InChI=1S/C27H31F3N2O3/c1-19(2)26(34)31-22-9-7-8-21(18-22)20-13-16-32(17-14-20)15-6-5-11-24(33)23-10-3-4-12-25(23)35-27(28,29)30/h3-12,18-20,33H,13-17H2,1-2H3,(H,31,34)/b6-5+,24-11-. The lowest BCUT2D eigenvalue weighted by Crippen LogP contribution is -2.33. The maximum Gasteiger partial charge on any atom is 0.573 e. The van der Waals surface area contributed by atoms with Crippen LogP contribution < -0.4 is 10.1 Å². The lowest BCUT2D eigenvalue weighted by atomic mass is 9.89. The van der Waals surface area contributed by atoms with Gasteiger partial charge in [0.2, 0.25) is 5.91 Å². The second-order valence-electron chi connectivity index (χ2n) is 8.87. The van der Waals surface area contributed by atoms with Gasteiger partial charge in [0.15, 0.2) is 0 Å². The Hall–Kier alpha value is -3.26. The predicted molar refractivity (Wildman–Crippen MR) is 131 cm³/mol. The topological polar surface area (TPSA) is 61.8 Å². The maximum atomic E-state index is 12.6. The molecular weight excluding hydrogens is 457 g/mol. The predicted octanol–water partition coefficient (Wildman–Crippen LogP) is 6.51. The van der Waals surface area contributed by atoms with E-state index in [1.54, 1.807) is 6.08 Å². The molecule has 1 fully saturated rings. The van der Waals surface area contributed by atoms with Gasteiger partial charge in [0.25, 0.3) is 0 Å². The van der Waals surface area contributed by atoms with Crippen molar-refractivity contribution in [3.05, 3.63) is 77.9 Å². The second-order valence-corrected chi connectivity index (χ2v) is 8.87. The summed E-state index contributed by atoms with van der Waals surface area (Å²) in [5.41, 5.74) is 2.01. The van der Waals surface area contributed by atoms with Crippen LogP contribution in [0.5, 0.6) is 5.75 Å². The van der Waals surface area contributed by atoms with Gasteiger partial charge in [0.1, 0.15) is 11.5 Å². The lowest BCUT2D eigenvalue weighted by Gasteiger charge is -2.31. The fraction of sp³-hybridized carbons (Fsp3) is 0.370. The molecule has 8 heteroatoms. The van der Waals surface area contributed by atoms with Crippen LogP contribution in [0, 0.1) is 5.92 Å². The van der Waals surface area contributed by atoms with Crippen molar-refractivity contribution in [2.24, 2.45) is 5.92 Å². The largest absolute Gasteiger partial charge is 0.573 e. The number of nitrogens with zero attached hydrogens (tertiary/aromatic N) is 1. The molecule has 1 aliphatic rings. The van der Waals surface area contributed by atoms with Crippen molar-refractivity contribution in [2.45, 2.75) is 39.0 Å². The highest BCUT2D eigenvalue weighted by Gasteiger charge is 2.32. The molecule has 2 aromatic carbocycles. The van der Waals surface area contributed by atoms with Crippen molar-refractivity contribution in [2.75, 3.05) is 25.0 Å². The van der Waals surface area contributed by atoms with Crippen LogP contribution in [0.4, 0.5) is 18.9 Å². The van der Waals surface area contributed by atoms with Gasteiger partial charge in [-0.1, -0.05) is 50.3 Å². The zero-order chi connectivity index (χ0) is 25.4. The molecule has 1 amide bonds. The number of para-hydroxylation sites is 1. The summed E-state index contributed by atoms with van der Waals surface area (Å²) in [4.78, 5) is 14.2. The fourth-order valence-electron chi connectivity index (χ4n) is 3.96. The smallest absolute Gasteiger partial charge is 0.507 e. The number of carbonyl (C=O) groups is 1. The minimum atomic E-state index is -4.83.